The van der Waals surface area contributed by atoms with Gasteiger partial charge in [-0.25, -0.2) is 0 Å². The molecule has 1 fully saturated rings. The molecular weight excluding hydrogens is 224 g/mol. The average Bonchev–Trinajstić information content (AvgIpc) is 2.38. The molecule has 100 valence electrons. The molecule has 1 aliphatic heterocycles. The second-order valence-electron chi connectivity index (χ2n) is 5.08. The molecule has 1 N–H and O–H groups in total. The van der Waals surface area contributed by atoms with Crippen LogP contribution in [0.3, 0.4) is 0 Å². The summed E-state index contributed by atoms with van der Waals surface area (Å²) in [5.74, 6) is 1.71. The summed E-state index contributed by atoms with van der Waals surface area (Å²) in [4.78, 5) is 2.42. The first-order chi connectivity index (χ1) is 8.79. The molecule has 1 aliphatic rings. The van der Waals surface area contributed by atoms with E-state index >= 15 is 0 Å². The Kier molecular flexibility index (Phi) is 4.88. The Balaban J connectivity index is 1.89. The standard InChI is InChI=1S/C15H24N2O/c1-3-18-15-9-5-4-8-14(15)16-11-13-7-6-10-17(2)12-13/h4-5,8-9,13,16H,3,6-7,10-12H2,1-2H3. The highest BCUT2D eigenvalue weighted by Gasteiger charge is 2.17. The number of rotatable bonds is 5. The summed E-state index contributed by atoms with van der Waals surface area (Å²) in [6.45, 7) is 6.21. The van der Waals surface area contributed by atoms with Crippen molar-refractivity contribution in [1.82, 2.24) is 4.90 Å². The number of hydrogen-bond donors (Lipinski definition) is 1. The predicted octanol–water partition coefficient (Wildman–Crippen LogP) is 2.84. The van der Waals surface area contributed by atoms with Crippen molar-refractivity contribution in [3.63, 3.8) is 0 Å². The van der Waals surface area contributed by atoms with Gasteiger partial charge < -0.3 is 15.0 Å². The first-order valence-electron chi connectivity index (χ1n) is 6.94. The molecular formula is C15H24N2O. The summed E-state index contributed by atoms with van der Waals surface area (Å²) in [7, 11) is 2.21. The molecule has 1 unspecified atom stereocenters. The molecule has 1 heterocycles. The highest BCUT2D eigenvalue weighted by molar-refractivity contribution is 5.56. The predicted molar refractivity (Wildman–Crippen MR) is 76.3 cm³/mol. The van der Waals surface area contributed by atoms with E-state index in [1.54, 1.807) is 0 Å². The van der Waals surface area contributed by atoms with E-state index in [9.17, 15) is 0 Å². The van der Waals surface area contributed by atoms with Gasteiger partial charge in [-0.2, -0.15) is 0 Å². The van der Waals surface area contributed by atoms with Crippen LogP contribution in [0.1, 0.15) is 19.8 Å². The maximum Gasteiger partial charge on any atom is 0.142 e. The second kappa shape index (κ2) is 6.64. The summed E-state index contributed by atoms with van der Waals surface area (Å²) < 4.78 is 5.63. The van der Waals surface area contributed by atoms with Crippen molar-refractivity contribution in [2.45, 2.75) is 19.8 Å². The number of ether oxygens (including phenoxy) is 1. The number of nitrogens with one attached hydrogen (secondary N) is 1. The maximum atomic E-state index is 5.63. The van der Waals surface area contributed by atoms with Gasteiger partial charge >= 0.3 is 0 Å². The molecule has 0 saturated carbocycles. The van der Waals surface area contributed by atoms with E-state index in [0.29, 0.717) is 6.61 Å². The summed E-state index contributed by atoms with van der Waals surface area (Å²) >= 11 is 0. The van der Waals surface area contributed by atoms with Crippen LogP contribution in [-0.2, 0) is 0 Å². The highest BCUT2D eigenvalue weighted by atomic mass is 16.5. The average molecular weight is 248 g/mol. The molecule has 0 aliphatic carbocycles. The molecule has 0 aromatic heterocycles. The Hall–Kier alpha value is -1.22. The minimum atomic E-state index is 0.713. The molecule has 0 amide bonds. The summed E-state index contributed by atoms with van der Waals surface area (Å²) in [5, 5.41) is 3.54. The third kappa shape index (κ3) is 3.64. The van der Waals surface area contributed by atoms with Crippen LogP contribution in [0, 0.1) is 5.92 Å². The Morgan fingerprint density at radius 3 is 3.00 bits per heavy atom. The van der Waals surface area contributed by atoms with E-state index in [1.165, 1.54) is 25.9 Å². The van der Waals surface area contributed by atoms with Crippen LogP contribution in [0.2, 0.25) is 0 Å². The fraction of sp³-hybridized carbons (Fsp3) is 0.600. The van der Waals surface area contributed by atoms with Crippen molar-refractivity contribution in [3.8, 4) is 5.75 Å². The molecule has 3 nitrogen and oxygen atoms in total. The molecule has 1 atom stereocenters. The third-order valence-electron chi connectivity index (χ3n) is 3.49. The lowest BCUT2D eigenvalue weighted by molar-refractivity contribution is 0.217. The van der Waals surface area contributed by atoms with Crippen LogP contribution in [0.15, 0.2) is 24.3 Å². The Morgan fingerprint density at radius 1 is 1.39 bits per heavy atom. The molecule has 0 bridgehead atoms. The van der Waals surface area contributed by atoms with Gasteiger partial charge in [0.05, 0.1) is 12.3 Å². The van der Waals surface area contributed by atoms with E-state index in [-0.39, 0.29) is 0 Å². The minimum absolute atomic E-state index is 0.713. The van der Waals surface area contributed by atoms with Gasteiger partial charge in [-0.3, -0.25) is 0 Å². The van der Waals surface area contributed by atoms with Gasteiger partial charge in [0.25, 0.3) is 0 Å². The van der Waals surface area contributed by atoms with Gasteiger partial charge in [0.15, 0.2) is 0 Å². The zero-order valence-corrected chi connectivity index (χ0v) is 11.5. The molecule has 3 heteroatoms. The van der Waals surface area contributed by atoms with Crippen molar-refractivity contribution in [3.05, 3.63) is 24.3 Å². The van der Waals surface area contributed by atoms with Gasteiger partial charge in [0, 0.05) is 13.1 Å². The van der Waals surface area contributed by atoms with Gasteiger partial charge in [-0.05, 0) is 51.4 Å². The van der Waals surface area contributed by atoms with Crippen molar-refractivity contribution < 1.29 is 4.74 Å². The monoisotopic (exact) mass is 248 g/mol. The zero-order chi connectivity index (χ0) is 12.8. The third-order valence-corrected chi connectivity index (χ3v) is 3.49. The fourth-order valence-corrected chi connectivity index (χ4v) is 2.59. The summed E-state index contributed by atoms with van der Waals surface area (Å²) in [6, 6.07) is 8.19. The van der Waals surface area contributed by atoms with Gasteiger partial charge in [-0.1, -0.05) is 12.1 Å². The Labute approximate surface area is 110 Å². The van der Waals surface area contributed by atoms with Crippen molar-refractivity contribution >= 4 is 5.69 Å². The molecule has 2 rings (SSSR count). The van der Waals surface area contributed by atoms with E-state index in [0.717, 1.165) is 23.9 Å². The lowest BCUT2D eigenvalue weighted by atomic mass is 9.98. The summed E-state index contributed by atoms with van der Waals surface area (Å²) in [5.41, 5.74) is 1.12. The van der Waals surface area contributed by atoms with Crippen LogP contribution in [-0.4, -0.2) is 38.2 Å². The minimum Gasteiger partial charge on any atom is -0.492 e. The Bertz CT molecular complexity index is 367. The number of anilines is 1. The molecule has 0 spiro atoms. The zero-order valence-electron chi connectivity index (χ0n) is 11.5. The second-order valence-corrected chi connectivity index (χ2v) is 5.08. The van der Waals surface area contributed by atoms with Crippen molar-refractivity contribution in [2.75, 3.05) is 38.6 Å². The van der Waals surface area contributed by atoms with Crippen LogP contribution >= 0.6 is 0 Å². The van der Waals surface area contributed by atoms with Crippen LogP contribution in [0.4, 0.5) is 5.69 Å². The lowest BCUT2D eigenvalue weighted by Crippen LogP contribution is -2.35. The van der Waals surface area contributed by atoms with E-state index in [1.807, 2.05) is 19.1 Å². The molecule has 18 heavy (non-hydrogen) atoms. The van der Waals surface area contributed by atoms with Gasteiger partial charge in [-0.15, -0.1) is 0 Å². The topological polar surface area (TPSA) is 24.5 Å². The van der Waals surface area contributed by atoms with Crippen molar-refractivity contribution in [1.29, 1.82) is 0 Å². The number of piperidine rings is 1. The van der Waals surface area contributed by atoms with Gasteiger partial charge in [0.2, 0.25) is 0 Å². The normalized spacial score (nSPS) is 20.7. The van der Waals surface area contributed by atoms with Crippen LogP contribution in [0.5, 0.6) is 5.75 Å². The summed E-state index contributed by atoms with van der Waals surface area (Å²) in [6.07, 6.45) is 2.64. The number of hydrogen-bond acceptors (Lipinski definition) is 3. The maximum absolute atomic E-state index is 5.63. The molecule has 0 radical (unpaired) electrons. The molecule has 1 aromatic carbocycles. The molecule has 1 saturated heterocycles. The van der Waals surface area contributed by atoms with Gasteiger partial charge in [0.1, 0.15) is 5.75 Å². The number of nitrogens with zero attached hydrogens (tertiary/aromatic N) is 1. The molecule has 1 aromatic rings. The Morgan fingerprint density at radius 2 is 2.22 bits per heavy atom. The number of benzene rings is 1. The van der Waals surface area contributed by atoms with Crippen molar-refractivity contribution in [2.24, 2.45) is 5.92 Å². The smallest absolute Gasteiger partial charge is 0.142 e. The SMILES string of the molecule is CCOc1ccccc1NCC1CCCN(C)C1. The first-order valence-corrected chi connectivity index (χ1v) is 6.94. The first kappa shape index (κ1) is 13.2. The van der Waals surface area contributed by atoms with E-state index in [2.05, 4.69) is 29.4 Å². The quantitative estimate of drug-likeness (QED) is 0.867. The number of para-hydroxylation sites is 2. The van der Waals surface area contributed by atoms with Crippen LogP contribution < -0.4 is 10.1 Å². The van der Waals surface area contributed by atoms with Crippen LogP contribution in [0.25, 0.3) is 0 Å². The highest BCUT2D eigenvalue weighted by Crippen LogP contribution is 2.25. The van der Waals surface area contributed by atoms with E-state index in [4.69, 9.17) is 4.74 Å². The van der Waals surface area contributed by atoms with E-state index < -0.39 is 0 Å². The largest absolute Gasteiger partial charge is 0.492 e. The fourth-order valence-electron chi connectivity index (χ4n) is 2.59. The number of likely N-dealkylation sites (tertiary alicyclic amines) is 1. The lowest BCUT2D eigenvalue weighted by Gasteiger charge is -2.30.